The van der Waals surface area contributed by atoms with E-state index in [1.807, 2.05) is 13.0 Å². The number of hydrogen-bond acceptors (Lipinski definition) is 5. The molecule has 36 heavy (non-hydrogen) atoms. The number of aliphatic hydroxyl groups excluding tert-OH is 1. The molecule has 9 heteroatoms. The standard InChI is InChI=1S/C27H31F2N3O4/c1-14-8-19-18-6-4-16-9-20-15(12-31-32(20)17-5-7-22(28)30-13-17)10-24(16,2)26(18,29)21(33)11-25(19,3)27(14,36)23(34)35/h5,7,9,12-14,18-19,21,33,36H,4,6,8,10-11H2,1-3H3,(H,34,35)/t14-,18+,19+,21+,24+,25+,26+,27+/m1/s1. The zero-order valence-corrected chi connectivity index (χ0v) is 20.6. The third kappa shape index (κ3) is 2.60. The van der Waals surface area contributed by atoms with Crippen LogP contribution in [0, 0.1) is 34.5 Å². The van der Waals surface area contributed by atoms with Crippen molar-refractivity contribution in [3.63, 3.8) is 0 Å². The largest absolute Gasteiger partial charge is 0.479 e. The van der Waals surface area contributed by atoms with E-state index in [0.29, 0.717) is 31.4 Å². The highest BCUT2D eigenvalue weighted by Gasteiger charge is 2.76. The summed E-state index contributed by atoms with van der Waals surface area (Å²) in [4.78, 5) is 16.0. The Hall–Kier alpha value is -2.65. The molecule has 0 aliphatic heterocycles. The van der Waals surface area contributed by atoms with E-state index in [-0.39, 0.29) is 12.3 Å². The summed E-state index contributed by atoms with van der Waals surface area (Å²) in [6.45, 7) is 5.29. The van der Waals surface area contributed by atoms with Gasteiger partial charge in [0, 0.05) is 16.7 Å². The lowest BCUT2D eigenvalue weighted by atomic mass is 9.44. The highest BCUT2D eigenvalue weighted by molar-refractivity contribution is 5.80. The van der Waals surface area contributed by atoms with Crippen molar-refractivity contribution in [2.24, 2.45) is 28.6 Å². The first kappa shape index (κ1) is 23.7. The first-order valence-corrected chi connectivity index (χ1v) is 12.6. The Morgan fingerprint density at radius 2 is 1.97 bits per heavy atom. The Balaban J connectivity index is 1.43. The van der Waals surface area contributed by atoms with E-state index in [0.717, 1.165) is 16.8 Å². The summed E-state index contributed by atoms with van der Waals surface area (Å²) < 4.78 is 32.6. The van der Waals surface area contributed by atoms with Gasteiger partial charge in [0.1, 0.15) is 5.67 Å². The lowest BCUT2D eigenvalue weighted by Crippen LogP contribution is -2.70. The number of halogens is 2. The molecule has 3 saturated carbocycles. The molecule has 0 unspecified atom stereocenters. The van der Waals surface area contributed by atoms with Gasteiger partial charge in [-0.15, -0.1) is 0 Å². The molecule has 0 amide bonds. The van der Waals surface area contributed by atoms with Gasteiger partial charge in [-0.05, 0) is 67.7 Å². The van der Waals surface area contributed by atoms with E-state index in [4.69, 9.17) is 0 Å². The molecule has 0 spiro atoms. The SMILES string of the molecule is C[C@@H]1C[C@H]2[C@@H]3CCC4=Cc5c(cnn5-c5ccc(F)nc5)C[C@]4(C)[C@@]3(F)[C@@H](O)C[C@]2(C)[C@@]1(O)C(=O)O. The molecule has 0 bridgehead atoms. The number of fused-ring (bicyclic) bond motifs is 6. The Morgan fingerprint density at radius 3 is 2.64 bits per heavy atom. The van der Waals surface area contributed by atoms with Crippen molar-refractivity contribution in [3.8, 4) is 5.69 Å². The average molecular weight is 500 g/mol. The van der Waals surface area contributed by atoms with Crippen LogP contribution in [-0.2, 0) is 11.2 Å². The van der Waals surface area contributed by atoms with Gasteiger partial charge in [-0.25, -0.2) is 18.9 Å². The van der Waals surface area contributed by atoms with Crippen molar-refractivity contribution in [1.29, 1.82) is 0 Å². The van der Waals surface area contributed by atoms with Crippen LogP contribution in [0.25, 0.3) is 11.8 Å². The van der Waals surface area contributed by atoms with Crippen LogP contribution in [0.4, 0.5) is 8.78 Å². The van der Waals surface area contributed by atoms with Gasteiger partial charge in [-0.3, -0.25) is 0 Å². The minimum atomic E-state index is -2.01. The van der Waals surface area contributed by atoms with Crippen LogP contribution in [-0.4, -0.2) is 53.4 Å². The zero-order chi connectivity index (χ0) is 25.8. The highest BCUT2D eigenvalue weighted by Crippen LogP contribution is 2.71. The third-order valence-corrected chi connectivity index (χ3v) is 10.4. The quantitative estimate of drug-likeness (QED) is 0.544. The molecule has 3 N–H and O–H groups in total. The monoisotopic (exact) mass is 499 g/mol. The van der Waals surface area contributed by atoms with Crippen molar-refractivity contribution in [1.82, 2.24) is 14.8 Å². The van der Waals surface area contributed by atoms with E-state index < -0.39 is 52.0 Å². The first-order chi connectivity index (χ1) is 16.9. The van der Waals surface area contributed by atoms with Gasteiger partial charge in [-0.1, -0.05) is 26.3 Å². The topological polar surface area (TPSA) is 108 Å². The fourth-order valence-corrected chi connectivity index (χ4v) is 8.55. The van der Waals surface area contributed by atoms with Crippen LogP contribution in [0.5, 0.6) is 0 Å². The number of carboxylic acid groups (broad SMARTS) is 1. The van der Waals surface area contributed by atoms with Crippen LogP contribution in [0.1, 0.15) is 57.7 Å². The van der Waals surface area contributed by atoms with Crippen molar-refractivity contribution in [3.05, 3.63) is 47.3 Å². The van der Waals surface area contributed by atoms with Gasteiger partial charge in [0.25, 0.3) is 0 Å². The van der Waals surface area contributed by atoms with Gasteiger partial charge < -0.3 is 15.3 Å². The molecule has 0 aromatic carbocycles. The number of aliphatic hydroxyl groups is 2. The summed E-state index contributed by atoms with van der Waals surface area (Å²) in [5.74, 6) is -3.38. The molecule has 2 aromatic rings. The summed E-state index contributed by atoms with van der Waals surface area (Å²) in [6, 6.07) is 2.85. The molecule has 3 fully saturated rings. The predicted molar refractivity (Wildman–Crippen MR) is 126 cm³/mol. The maximum absolute atomic E-state index is 17.6. The summed E-state index contributed by atoms with van der Waals surface area (Å²) in [5.41, 5.74) is -3.03. The number of aromatic nitrogens is 3. The maximum Gasteiger partial charge on any atom is 0.336 e. The number of aliphatic carboxylic acids is 1. The van der Waals surface area contributed by atoms with Gasteiger partial charge in [-0.2, -0.15) is 9.49 Å². The summed E-state index contributed by atoms with van der Waals surface area (Å²) in [7, 11) is 0. The smallest absolute Gasteiger partial charge is 0.336 e. The van der Waals surface area contributed by atoms with Crippen LogP contribution in [0.3, 0.4) is 0 Å². The summed E-state index contributed by atoms with van der Waals surface area (Å²) in [6.07, 6.45) is 5.27. The molecule has 4 aliphatic rings. The molecule has 0 radical (unpaired) electrons. The minimum Gasteiger partial charge on any atom is -0.479 e. The molecular weight excluding hydrogens is 468 g/mol. The molecule has 2 heterocycles. The lowest BCUT2D eigenvalue weighted by Gasteiger charge is -2.63. The number of carbonyl (C=O) groups is 1. The molecular formula is C27H31F2N3O4. The van der Waals surface area contributed by atoms with Gasteiger partial charge in [0.2, 0.25) is 5.95 Å². The van der Waals surface area contributed by atoms with Gasteiger partial charge in [0.05, 0.1) is 29.9 Å². The Bertz CT molecular complexity index is 1290. The van der Waals surface area contributed by atoms with E-state index in [9.17, 15) is 24.5 Å². The highest BCUT2D eigenvalue weighted by atomic mass is 19.1. The molecule has 7 nitrogen and oxygen atoms in total. The number of nitrogens with zero attached hydrogens (tertiary/aromatic N) is 3. The first-order valence-electron chi connectivity index (χ1n) is 12.6. The van der Waals surface area contributed by atoms with Crippen LogP contribution >= 0.6 is 0 Å². The summed E-state index contributed by atoms with van der Waals surface area (Å²) >= 11 is 0. The number of alkyl halides is 1. The van der Waals surface area contributed by atoms with Crippen LogP contribution in [0.15, 0.2) is 30.1 Å². The van der Waals surface area contributed by atoms with Crippen molar-refractivity contribution >= 4 is 12.0 Å². The lowest BCUT2D eigenvalue weighted by molar-refractivity contribution is -0.231. The Kier molecular flexibility index (Phi) is 4.76. The number of pyridine rings is 1. The second-order valence-corrected chi connectivity index (χ2v) is 11.8. The summed E-state index contributed by atoms with van der Waals surface area (Å²) in [5, 5.41) is 37.3. The van der Waals surface area contributed by atoms with Gasteiger partial charge >= 0.3 is 5.97 Å². The minimum absolute atomic E-state index is 0.117. The average Bonchev–Trinajstić information content (AvgIpc) is 3.31. The van der Waals surface area contributed by atoms with Crippen molar-refractivity contribution in [2.75, 3.05) is 0 Å². The third-order valence-electron chi connectivity index (χ3n) is 10.4. The second kappa shape index (κ2) is 7.22. The van der Waals surface area contributed by atoms with Crippen molar-refractivity contribution < 1.29 is 28.9 Å². The predicted octanol–water partition coefficient (Wildman–Crippen LogP) is 3.71. The fraction of sp³-hybridized carbons (Fsp3) is 0.593. The molecule has 4 aliphatic carbocycles. The maximum atomic E-state index is 17.6. The second-order valence-electron chi connectivity index (χ2n) is 11.8. The van der Waals surface area contributed by atoms with Gasteiger partial charge in [0.15, 0.2) is 5.60 Å². The molecule has 6 rings (SSSR count). The number of allylic oxidation sites excluding steroid dienone is 1. The van der Waals surface area contributed by atoms with E-state index in [2.05, 4.69) is 10.1 Å². The number of carboxylic acids is 1. The van der Waals surface area contributed by atoms with Crippen molar-refractivity contribution in [2.45, 2.75) is 70.2 Å². The molecule has 8 atom stereocenters. The fourth-order valence-electron chi connectivity index (χ4n) is 8.55. The number of rotatable bonds is 2. The Morgan fingerprint density at radius 1 is 1.22 bits per heavy atom. The Labute approximate surface area is 207 Å². The molecule has 0 saturated heterocycles. The molecule has 2 aromatic heterocycles. The van der Waals surface area contributed by atoms with Crippen LogP contribution in [0.2, 0.25) is 0 Å². The van der Waals surface area contributed by atoms with Crippen LogP contribution < -0.4 is 0 Å². The normalized spacial score (nSPS) is 43.1. The number of hydrogen-bond donors (Lipinski definition) is 3. The molecule has 192 valence electrons. The van der Waals surface area contributed by atoms with E-state index >= 15 is 4.39 Å². The zero-order valence-electron chi connectivity index (χ0n) is 20.6. The van der Waals surface area contributed by atoms with E-state index in [1.54, 1.807) is 30.8 Å². The van der Waals surface area contributed by atoms with E-state index in [1.165, 1.54) is 12.3 Å².